The summed E-state index contributed by atoms with van der Waals surface area (Å²) < 4.78 is 5.11. The minimum atomic E-state index is -0.104. The number of ether oxygens (including phenoxy) is 1. The summed E-state index contributed by atoms with van der Waals surface area (Å²) in [6.07, 6.45) is 1.87. The first-order valence-corrected chi connectivity index (χ1v) is 7.59. The molecular formula is C16H19ClN2O2. The van der Waals surface area contributed by atoms with E-state index in [0.717, 1.165) is 24.9 Å². The fraction of sp³-hybridized carbons (Fsp3) is 0.500. The third-order valence-electron chi connectivity index (χ3n) is 3.70. The number of benzene rings is 1. The Morgan fingerprint density at radius 3 is 3.05 bits per heavy atom. The maximum absolute atomic E-state index is 11.8. The number of hydrogen-bond donors (Lipinski definition) is 0. The van der Waals surface area contributed by atoms with E-state index in [9.17, 15) is 4.79 Å². The number of nitriles is 1. The first-order chi connectivity index (χ1) is 10.1. The molecule has 1 aromatic rings. The van der Waals surface area contributed by atoms with Crippen molar-refractivity contribution in [3.8, 4) is 6.07 Å². The lowest BCUT2D eigenvalue weighted by atomic mass is 9.97. The number of carbonyl (C=O) groups excluding carboxylic acids is 1. The molecule has 0 saturated carbocycles. The monoisotopic (exact) mass is 306 g/mol. The molecule has 1 aliphatic rings. The van der Waals surface area contributed by atoms with Crippen molar-refractivity contribution < 1.29 is 9.53 Å². The zero-order valence-electron chi connectivity index (χ0n) is 12.1. The maximum atomic E-state index is 11.8. The van der Waals surface area contributed by atoms with Crippen molar-refractivity contribution in [1.29, 1.82) is 5.26 Å². The highest BCUT2D eigenvalue weighted by molar-refractivity contribution is 6.31. The number of esters is 1. The van der Waals surface area contributed by atoms with Gasteiger partial charge in [-0.05, 0) is 44.0 Å². The number of rotatable bonds is 4. The lowest BCUT2D eigenvalue weighted by Crippen LogP contribution is -2.39. The van der Waals surface area contributed by atoms with E-state index >= 15 is 0 Å². The number of nitrogens with zero attached hydrogens (tertiary/aromatic N) is 2. The van der Waals surface area contributed by atoms with E-state index in [-0.39, 0.29) is 11.9 Å². The van der Waals surface area contributed by atoms with Crippen molar-refractivity contribution in [3.05, 3.63) is 34.3 Å². The topological polar surface area (TPSA) is 53.3 Å². The molecule has 21 heavy (non-hydrogen) atoms. The SMILES string of the molecule is CCOC(=O)[C@@H]1CCCN(Cc2ccc(C#N)cc2Cl)C1. The second-order valence-electron chi connectivity index (χ2n) is 5.24. The summed E-state index contributed by atoms with van der Waals surface area (Å²) in [6.45, 7) is 4.60. The van der Waals surface area contributed by atoms with Crippen LogP contribution in [0.15, 0.2) is 18.2 Å². The van der Waals surface area contributed by atoms with Crippen LogP contribution in [0.1, 0.15) is 30.9 Å². The Hall–Kier alpha value is -1.57. The zero-order valence-corrected chi connectivity index (χ0v) is 12.9. The average molecular weight is 307 g/mol. The van der Waals surface area contributed by atoms with Gasteiger partial charge in [-0.2, -0.15) is 5.26 Å². The Balaban J connectivity index is 1.99. The third kappa shape index (κ3) is 4.20. The molecule has 0 unspecified atom stereocenters. The summed E-state index contributed by atoms with van der Waals surface area (Å²) in [7, 11) is 0. The number of hydrogen-bond acceptors (Lipinski definition) is 4. The second-order valence-corrected chi connectivity index (χ2v) is 5.65. The van der Waals surface area contributed by atoms with Crippen LogP contribution in [0.4, 0.5) is 0 Å². The molecule has 2 rings (SSSR count). The largest absolute Gasteiger partial charge is 0.466 e. The molecule has 112 valence electrons. The Labute approximate surface area is 130 Å². The molecule has 1 fully saturated rings. The first kappa shape index (κ1) is 15.8. The van der Waals surface area contributed by atoms with E-state index in [4.69, 9.17) is 21.6 Å². The maximum Gasteiger partial charge on any atom is 0.310 e. The van der Waals surface area contributed by atoms with Gasteiger partial charge >= 0.3 is 5.97 Å². The van der Waals surface area contributed by atoms with Gasteiger partial charge in [0.25, 0.3) is 0 Å². The fourth-order valence-corrected chi connectivity index (χ4v) is 2.88. The second kappa shape index (κ2) is 7.44. The van der Waals surface area contributed by atoms with E-state index in [1.54, 1.807) is 12.1 Å². The van der Waals surface area contributed by atoms with Crippen LogP contribution in [0.3, 0.4) is 0 Å². The Bertz CT molecular complexity index is 554. The van der Waals surface area contributed by atoms with Gasteiger partial charge in [0.2, 0.25) is 0 Å². The van der Waals surface area contributed by atoms with Gasteiger partial charge in [0.05, 0.1) is 24.2 Å². The van der Waals surface area contributed by atoms with Gasteiger partial charge in [-0.15, -0.1) is 0 Å². The standard InChI is InChI=1S/C16H19ClN2O2/c1-2-21-16(20)14-4-3-7-19(11-14)10-13-6-5-12(9-18)8-15(13)17/h5-6,8,14H,2-4,7,10-11H2,1H3/t14-/m1/s1. The van der Waals surface area contributed by atoms with Crippen LogP contribution in [0.25, 0.3) is 0 Å². The van der Waals surface area contributed by atoms with Crippen LogP contribution in [0.2, 0.25) is 5.02 Å². The molecule has 0 amide bonds. The van der Waals surface area contributed by atoms with E-state index in [1.807, 2.05) is 13.0 Å². The van der Waals surface area contributed by atoms with E-state index in [2.05, 4.69) is 11.0 Å². The zero-order chi connectivity index (χ0) is 15.2. The molecule has 1 aliphatic heterocycles. The quantitative estimate of drug-likeness (QED) is 0.803. The van der Waals surface area contributed by atoms with Gasteiger partial charge in [-0.3, -0.25) is 9.69 Å². The number of carbonyl (C=O) groups is 1. The Kier molecular flexibility index (Phi) is 5.60. The molecule has 0 bridgehead atoms. The molecule has 5 heteroatoms. The van der Waals surface area contributed by atoms with Crippen molar-refractivity contribution in [3.63, 3.8) is 0 Å². The molecule has 0 radical (unpaired) electrons. The molecule has 1 aromatic carbocycles. The smallest absolute Gasteiger partial charge is 0.310 e. The van der Waals surface area contributed by atoms with Crippen molar-refractivity contribution in [2.24, 2.45) is 5.92 Å². The highest BCUT2D eigenvalue weighted by atomic mass is 35.5. The van der Waals surface area contributed by atoms with Gasteiger partial charge in [-0.1, -0.05) is 17.7 Å². The number of likely N-dealkylation sites (tertiary alicyclic amines) is 1. The minimum Gasteiger partial charge on any atom is -0.466 e. The average Bonchev–Trinajstić information content (AvgIpc) is 2.50. The molecule has 0 N–H and O–H groups in total. The summed E-state index contributed by atoms with van der Waals surface area (Å²) >= 11 is 6.21. The summed E-state index contributed by atoms with van der Waals surface area (Å²) in [5.74, 6) is -0.149. The molecule has 1 heterocycles. The Morgan fingerprint density at radius 2 is 2.38 bits per heavy atom. The summed E-state index contributed by atoms with van der Waals surface area (Å²) in [5, 5.41) is 9.45. The van der Waals surface area contributed by atoms with Crippen molar-refractivity contribution in [1.82, 2.24) is 4.90 Å². The van der Waals surface area contributed by atoms with Crippen LogP contribution >= 0.6 is 11.6 Å². The van der Waals surface area contributed by atoms with Crippen LogP contribution in [0.5, 0.6) is 0 Å². The van der Waals surface area contributed by atoms with Gasteiger partial charge in [0.1, 0.15) is 0 Å². The molecular weight excluding hydrogens is 288 g/mol. The minimum absolute atomic E-state index is 0.0455. The summed E-state index contributed by atoms with van der Waals surface area (Å²) in [5.41, 5.74) is 1.55. The summed E-state index contributed by atoms with van der Waals surface area (Å²) in [6, 6.07) is 7.42. The highest BCUT2D eigenvalue weighted by Gasteiger charge is 2.27. The highest BCUT2D eigenvalue weighted by Crippen LogP contribution is 2.23. The predicted octanol–water partition coefficient (Wildman–Crippen LogP) is 2.99. The fourth-order valence-electron chi connectivity index (χ4n) is 2.64. The van der Waals surface area contributed by atoms with Gasteiger partial charge in [0.15, 0.2) is 0 Å². The van der Waals surface area contributed by atoms with Crippen LogP contribution in [-0.2, 0) is 16.1 Å². The van der Waals surface area contributed by atoms with E-state index in [0.29, 0.717) is 30.3 Å². The molecule has 0 aliphatic carbocycles. The molecule has 1 atom stereocenters. The number of halogens is 1. The van der Waals surface area contributed by atoms with Crippen molar-refractivity contribution in [2.75, 3.05) is 19.7 Å². The lowest BCUT2D eigenvalue weighted by molar-refractivity contribution is -0.150. The summed E-state index contributed by atoms with van der Waals surface area (Å²) in [4.78, 5) is 14.1. The van der Waals surface area contributed by atoms with Crippen LogP contribution in [0, 0.1) is 17.2 Å². The first-order valence-electron chi connectivity index (χ1n) is 7.21. The predicted molar refractivity (Wildman–Crippen MR) is 80.8 cm³/mol. The van der Waals surface area contributed by atoms with Gasteiger partial charge in [-0.25, -0.2) is 0 Å². The Morgan fingerprint density at radius 1 is 1.57 bits per heavy atom. The van der Waals surface area contributed by atoms with Gasteiger partial charge in [0, 0.05) is 18.1 Å². The molecule has 1 saturated heterocycles. The number of piperidine rings is 1. The van der Waals surface area contributed by atoms with Crippen molar-refractivity contribution in [2.45, 2.75) is 26.3 Å². The molecule has 4 nitrogen and oxygen atoms in total. The van der Waals surface area contributed by atoms with E-state index < -0.39 is 0 Å². The normalized spacial score (nSPS) is 19.0. The van der Waals surface area contributed by atoms with Crippen LogP contribution in [-0.4, -0.2) is 30.6 Å². The van der Waals surface area contributed by atoms with Crippen LogP contribution < -0.4 is 0 Å². The van der Waals surface area contributed by atoms with E-state index in [1.165, 1.54) is 0 Å². The third-order valence-corrected chi connectivity index (χ3v) is 4.05. The molecule has 0 aromatic heterocycles. The molecule has 0 spiro atoms. The van der Waals surface area contributed by atoms with Gasteiger partial charge < -0.3 is 4.74 Å². The van der Waals surface area contributed by atoms with Crippen molar-refractivity contribution >= 4 is 17.6 Å². The lowest BCUT2D eigenvalue weighted by Gasteiger charge is -2.31.